The number of rotatable bonds is 6. The molecule has 7 heteroatoms. The Morgan fingerprint density at radius 1 is 1.26 bits per heavy atom. The zero-order chi connectivity index (χ0) is 18.8. The Balaban J connectivity index is 1.50. The van der Waals surface area contributed by atoms with Crippen LogP contribution in [0.5, 0.6) is 0 Å². The first-order valence-corrected chi connectivity index (χ1v) is 9.62. The first kappa shape index (κ1) is 17.8. The van der Waals surface area contributed by atoms with E-state index >= 15 is 0 Å². The second-order valence-electron chi connectivity index (χ2n) is 6.58. The highest BCUT2D eigenvalue weighted by Crippen LogP contribution is 2.39. The van der Waals surface area contributed by atoms with Crippen molar-refractivity contribution in [3.05, 3.63) is 71.8 Å². The second-order valence-corrected chi connectivity index (χ2v) is 7.25. The Hall–Kier alpha value is -2.64. The van der Waals surface area contributed by atoms with Gasteiger partial charge in [0.25, 0.3) is 0 Å². The maximum atomic E-state index is 13.7. The summed E-state index contributed by atoms with van der Waals surface area (Å²) in [6.07, 6.45) is 4.30. The van der Waals surface area contributed by atoms with Crippen LogP contribution in [0.1, 0.15) is 30.0 Å². The average Bonchev–Trinajstić information content (AvgIpc) is 3.41. The second kappa shape index (κ2) is 7.54. The summed E-state index contributed by atoms with van der Waals surface area (Å²) in [5, 5.41) is 13.2. The van der Waals surface area contributed by atoms with Crippen molar-refractivity contribution < 1.29 is 9.18 Å². The van der Waals surface area contributed by atoms with E-state index in [9.17, 15) is 9.18 Å². The zero-order valence-corrected chi connectivity index (χ0v) is 15.4. The van der Waals surface area contributed by atoms with Crippen molar-refractivity contribution in [2.24, 2.45) is 5.14 Å². The topological polar surface area (TPSA) is 72.9 Å². The molecule has 1 aliphatic rings. The molecule has 0 spiro atoms. The van der Waals surface area contributed by atoms with Crippen LogP contribution in [0, 0.1) is 5.82 Å². The highest BCUT2D eigenvalue weighted by atomic mass is 32.2. The van der Waals surface area contributed by atoms with Crippen molar-refractivity contribution in [3.63, 3.8) is 0 Å². The van der Waals surface area contributed by atoms with Gasteiger partial charge in [-0.15, -0.1) is 0 Å². The molecule has 3 N–H and O–H groups in total. The van der Waals surface area contributed by atoms with Gasteiger partial charge in [-0.25, -0.2) is 9.07 Å². The standard InChI is InChI=1S/C20H19FN4OS/c21-16-4-2-1-3-14(16)11-20(26)23-15-7-8-18(19(12-15)27-22)25-10-9-17(24-25)13-5-6-13/h1-4,7-10,12-13H,5-6,11,22H2,(H,23,26). The van der Waals surface area contributed by atoms with Crippen molar-refractivity contribution >= 4 is 23.5 Å². The van der Waals surface area contributed by atoms with Crippen LogP contribution in [-0.4, -0.2) is 15.7 Å². The number of nitrogens with one attached hydrogen (secondary N) is 1. The molecule has 0 radical (unpaired) electrons. The molecule has 1 fully saturated rings. The summed E-state index contributed by atoms with van der Waals surface area (Å²) in [5.74, 6) is -0.0838. The lowest BCUT2D eigenvalue weighted by atomic mass is 10.1. The van der Waals surface area contributed by atoms with E-state index in [1.807, 2.05) is 23.0 Å². The van der Waals surface area contributed by atoms with Gasteiger partial charge in [-0.1, -0.05) is 18.2 Å². The Labute approximate surface area is 160 Å². The van der Waals surface area contributed by atoms with Gasteiger partial charge in [0, 0.05) is 17.8 Å². The number of benzene rings is 2. The fraction of sp³-hybridized carbons (Fsp3) is 0.200. The van der Waals surface area contributed by atoms with E-state index in [2.05, 4.69) is 10.4 Å². The third-order valence-electron chi connectivity index (χ3n) is 4.53. The van der Waals surface area contributed by atoms with Crippen molar-refractivity contribution in [2.75, 3.05) is 5.32 Å². The monoisotopic (exact) mass is 382 g/mol. The molecule has 3 aromatic rings. The quantitative estimate of drug-likeness (QED) is 0.631. The minimum absolute atomic E-state index is 0.0244. The van der Waals surface area contributed by atoms with Crippen LogP contribution in [0.3, 0.4) is 0 Å². The first-order valence-electron chi connectivity index (χ1n) is 8.74. The van der Waals surface area contributed by atoms with Crippen molar-refractivity contribution in [1.29, 1.82) is 0 Å². The van der Waals surface area contributed by atoms with Crippen LogP contribution >= 0.6 is 11.9 Å². The van der Waals surface area contributed by atoms with Crippen LogP contribution in [0.2, 0.25) is 0 Å². The van der Waals surface area contributed by atoms with Gasteiger partial charge in [0.15, 0.2) is 0 Å². The van der Waals surface area contributed by atoms with Crippen molar-refractivity contribution in [2.45, 2.75) is 30.1 Å². The van der Waals surface area contributed by atoms with Crippen LogP contribution in [0.15, 0.2) is 59.6 Å². The Kier molecular flexibility index (Phi) is 4.96. The Bertz CT molecular complexity index is 984. The molecule has 0 bridgehead atoms. The van der Waals surface area contributed by atoms with Crippen LogP contribution in [-0.2, 0) is 11.2 Å². The predicted molar refractivity (Wildman–Crippen MR) is 104 cm³/mol. The zero-order valence-electron chi connectivity index (χ0n) is 14.6. The van der Waals surface area contributed by atoms with Gasteiger partial charge in [0.05, 0.1) is 22.7 Å². The van der Waals surface area contributed by atoms with E-state index < -0.39 is 0 Å². The smallest absolute Gasteiger partial charge is 0.228 e. The largest absolute Gasteiger partial charge is 0.326 e. The van der Waals surface area contributed by atoms with Gasteiger partial charge in [-0.05, 0) is 60.7 Å². The Morgan fingerprint density at radius 3 is 2.81 bits per heavy atom. The average molecular weight is 382 g/mol. The maximum absolute atomic E-state index is 13.7. The number of carbonyl (C=O) groups is 1. The van der Waals surface area contributed by atoms with Gasteiger partial charge in [-0.2, -0.15) is 5.10 Å². The molecule has 5 nitrogen and oxygen atoms in total. The molecule has 0 aliphatic heterocycles. The summed E-state index contributed by atoms with van der Waals surface area (Å²) in [4.78, 5) is 13.0. The summed E-state index contributed by atoms with van der Waals surface area (Å²) >= 11 is 1.10. The number of carbonyl (C=O) groups excluding carboxylic acids is 1. The van der Waals surface area contributed by atoms with Crippen molar-refractivity contribution in [3.8, 4) is 5.69 Å². The highest BCUT2D eigenvalue weighted by molar-refractivity contribution is 7.97. The van der Waals surface area contributed by atoms with E-state index in [0.29, 0.717) is 17.2 Å². The molecule has 2 aromatic carbocycles. The summed E-state index contributed by atoms with van der Waals surface area (Å²) < 4.78 is 15.5. The van der Waals surface area contributed by atoms with E-state index in [1.165, 1.54) is 18.9 Å². The van der Waals surface area contributed by atoms with E-state index in [0.717, 1.165) is 28.2 Å². The van der Waals surface area contributed by atoms with Gasteiger partial charge in [0.1, 0.15) is 5.82 Å². The fourth-order valence-corrected chi connectivity index (χ4v) is 3.44. The first-order chi connectivity index (χ1) is 13.1. The molecule has 4 rings (SSSR count). The SMILES string of the molecule is NSc1cc(NC(=O)Cc2ccccc2F)ccc1-n1ccc(C2CC2)n1. The minimum atomic E-state index is -0.383. The van der Waals surface area contributed by atoms with E-state index in [1.54, 1.807) is 30.3 Å². The lowest BCUT2D eigenvalue weighted by Crippen LogP contribution is -2.15. The summed E-state index contributed by atoms with van der Waals surface area (Å²) in [6.45, 7) is 0. The number of hydrogen-bond acceptors (Lipinski definition) is 4. The maximum Gasteiger partial charge on any atom is 0.228 e. The number of amides is 1. The molecule has 0 unspecified atom stereocenters. The van der Waals surface area contributed by atoms with Crippen LogP contribution < -0.4 is 10.5 Å². The predicted octanol–water partition coefficient (Wildman–Crippen LogP) is 4.04. The fourth-order valence-electron chi connectivity index (χ4n) is 2.96. The number of halogens is 1. The molecular formula is C20H19FN4OS. The molecule has 0 atom stereocenters. The van der Waals surface area contributed by atoms with E-state index in [-0.39, 0.29) is 18.1 Å². The van der Waals surface area contributed by atoms with Crippen molar-refractivity contribution in [1.82, 2.24) is 9.78 Å². The molecular weight excluding hydrogens is 363 g/mol. The third-order valence-corrected chi connectivity index (χ3v) is 5.11. The van der Waals surface area contributed by atoms with Crippen LogP contribution in [0.4, 0.5) is 10.1 Å². The molecule has 1 heterocycles. The lowest BCUT2D eigenvalue weighted by molar-refractivity contribution is -0.115. The van der Waals surface area contributed by atoms with Gasteiger partial charge < -0.3 is 5.32 Å². The van der Waals surface area contributed by atoms with Gasteiger partial charge in [-0.3, -0.25) is 9.93 Å². The third kappa shape index (κ3) is 4.04. The molecule has 1 saturated carbocycles. The molecule has 1 amide bonds. The normalized spacial score (nSPS) is 13.6. The molecule has 27 heavy (non-hydrogen) atoms. The summed E-state index contributed by atoms with van der Waals surface area (Å²) in [7, 11) is 0. The highest BCUT2D eigenvalue weighted by Gasteiger charge is 2.26. The number of hydrogen-bond donors (Lipinski definition) is 2. The number of aromatic nitrogens is 2. The number of nitrogens with zero attached hydrogens (tertiary/aromatic N) is 2. The van der Waals surface area contributed by atoms with Gasteiger partial charge >= 0.3 is 0 Å². The molecule has 138 valence electrons. The van der Waals surface area contributed by atoms with Crippen LogP contribution in [0.25, 0.3) is 5.69 Å². The summed E-state index contributed by atoms with van der Waals surface area (Å²) in [5.41, 5.74) is 2.94. The minimum Gasteiger partial charge on any atom is -0.326 e. The number of anilines is 1. The number of nitrogens with two attached hydrogens (primary N) is 1. The van der Waals surface area contributed by atoms with E-state index in [4.69, 9.17) is 5.14 Å². The molecule has 0 saturated heterocycles. The Morgan fingerprint density at radius 2 is 2.07 bits per heavy atom. The van der Waals surface area contributed by atoms with Gasteiger partial charge in [0.2, 0.25) is 5.91 Å². The molecule has 1 aromatic heterocycles. The molecule has 1 aliphatic carbocycles. The lowest BCUT2D eigenvalue weighted by Gasteiger charge is -2.11. The summed E-state index contributed by atoms with van der Waals surface area (Å²) in [6, 6.07) is 13.8.